The molecule has 1 heterocycles. The molecule has 0 N–H and O–H groups in total. The number of rotatable bonds is 1. The highest BCUT2D eigenvalue weighted by molar-refractivity contribution is 14.1. The van der Waals surface area contributed by atoms with Gasteiger partial charge in [-0.1, -0.05) is 0 Å². The lowest BCUT2D eigenvalue weighted by Crippen LogP contribution is -2.50. The summed E-state index contributed by atoms with van der Waals surface area (Å²) in [5.74, 6) is 0. The van der Waals surface area contributed by atoms with Gasteiger partial charge in [-0.25, -0.2) is 6.23 Å². The minimum Gasteiger partial charge on any atom is -0.245 e. The number of nitrogens with zero attached hydrogens (tertiary/aromatic N) is 2. The molecule has 0 aromatic heterocycles. The fourth-order valence-electron chi connectivity index (χ4n) is 0.629. The fraction of sp³-hybridized carbons (Fsp3) is 1.00. The second kappa shape index (κ2) is 2.98. The van der Waals surface area contributed by atoms with Gasteiger partial charge in [0, 0.05) is 64.9 Å². The molecule has 0 saturated carbocycles. The molecule has 4 heteroatoms. The third-order valence-electron chi connectivity index (χ3n) is 1.32. The van der Waals surface area contributed by atoms with Gasteiger partial charge in [-0.15, -0.1) is 0 Å². The van der Waals surface area contributed by atoms with Crippen molar-refractivity contribution in [2.45, 2.75) is 6.04 Å². The summed E-state index contributed by atoms with van der Waals surface area (Å²) < 4.78 is 4.53. The maximum atomic E-state index is 2.35. The molecule has 0 spiro atoms. The molecule has 1 saturated heterocycles. The Bertz CT molecular complexity index is 80.1. The zero-order valence-electron chi connectivity index (χ0n) is 4.64. The topological polar surface area (TPSA) is 6.48 Å². The third kappa shape index (κ3) is 1.68. The molecule has 1 rings (SSSR count). The maximum Gasteiger partial charge on any atom is 0.0461 e. The first-order chi connectivity index (χ1) is 3.70. The zero-order chi connectivity index (χ0) is 6.15. The highest BCUT2D eigenvalue weighted by atomic mass is 127. The van der Waals surface area contributed by atoms with Crippen molar-refractivity contribution in [3.05, 3.63) is 0 Å². The minimum absolute atomic E-state index is 0.799. The Hall–Kier alpha value is 1.38. The molecule has 0 atom stereocenters. The monoisotopic (exact) mass is 338 g/mol. The van der Waals surface area contributed by atoms with E-state index in [0.29, 0.717) is 0 Å². The Morgan fingerprint density at radius 1 is 1.62 bits per heavy atom. The van der Waals surface area contributed by atoms with Gasteiger partial charge in [-0.05, 0) is 7.05 Å². The minimum atomic E-state index is 0.799. The molecule has 0 aromatic carbocycles. The van der Waals surface area contributed by atoms with Crippen molar-refractivity contribution in [3.8, 4) is 0 Å². The standard InChI is InChI=1S/C4H8I2N2/c1-7(5)4-2-8(6)3-4/h4H,2-3H2,1H3. The molecule has 0 unspecified atom stereocenters. The van der Waals surface area contributed by atoms with Crippen LogP contribution in [0.25, 0.3) is 0 Å². The van der Waals surface area contributed by atoms with E-state index in [2.05, 4.69) is 59.0 Å². The smallest absolute Gasteiger partial charge is 0.0461 e. The van der Waals surface area contributed by atoms with E-state index in [-0.39, 0.29) is 0 Å². The lowest BCUT2D eigenvalue weighted by atomic mass is 10.2. The molecule has 48 valence electrons. The molecule has 0 aromatic rings. The largest absolute Gasteiger partial charge is 0.245 e. The van der Waals surface area contributed by atoms with Crippen LogP contribution >= 0.6 is 45.7 Å². The van der Waals surface area contributed by atoms with E-state index in [1.807, 2.05) is 0 Å². The van der Waals surface area contributed by atoms with E-state index in [4.69, 9.17) is 0 Å². The molecule has 1 aliphatic heterocycles. The Morgan fingerprint density at radius 3 is 2.25 bits per heavy atom. The molecule has 1 aliphatic rings. The van der Waals surface area contributed by atoms with Crippen molar-refractivity contribution >= 4 is 45.7 Å². The lowest BCUT2D eigenvalue weighted by molar-refractivity contribution is 0.228. The average Bonchev–Trinajstić information content (AvgIpc) is 1.57. The molecule has 0 aliphatic carbocycles. The average molecular weight is 338 g/mol. The number of halogens is 2. The Labute approximate surface area is 77.6 Å². The van der Waals surface area contributed by atoms with Crippen LogP contribution in [-0.2, 0) is 0 Å². The summed E-state index contributed by atoms with van der Waals surface area (Å²) in [6.07, 6.45) is 0. The first-order valence-corrected chi connectivity index (χ1v) is 4.42. The normalized spacial score (nSPS) is 24.0. The van der Waals surface area contributed by atoms with Crippen LogP contribution in [0.2, 0.25) is 0 Å². The van der Waals surface area contributed by atoms with Gasteiger partial charge >= 0.3 is 0 Å². The SMILES string of the molecule is CN(I)C1CN(I)C1. The van der Waals surface area contributed by atoms with Crippen molar-refractivity contribution in [2.75, 3.05) is 20.1 Å². The highest BCUT2D eigenvalue weighted by Crippen LogP contribution is 2.19. The van der Waals surface area contributed by atoms with Gasteiger partial charge in [0.2, 0.25) is 0 Å². The summed E-state index contributed by atoms with van der Waals surface area (Å²) in [5, 5.41) is 0. The van der Waals surface area contributed by atoms with Crippen molar-refractivity contribution in [1.82, 2.24) is 6.23 Å². The van der Waals surface area contributed by atoms with E-state index in [1.165, 1.54) is 13.1 Å². The van der Waals surface area contributed by atoms with Gasteiger partial charge in [0.05, 0.1) is 0 Å². The van der Waals surface area contributed by atoms with Crippen molar-refractivity contribution in [1.29, 1.82) is 0 Å². The first-order valence-electron chi connectivity index (χ1n) is 2.49. The molecule has 0 bridgehead atoms. The number of hydrogen-bond acceptors (Lipinski definition) is 2. The fourth-order valence-corrected chi connectivity index (χ4v) is 1.89. The number of hydrogen-bond donors (Lipinski definition) is 0. The quantitative estimate of drug-likeness (QED) is 0.526. The predicted octanol–water partition coefficient (Wildman–Crippen LogP) is 1.30. The second-order valence-corrected chi connectivity index (χ2v) is 4.89. The zero-order valence-corrected chi connectivity index (χ0v) is 8.96. The highest BCUT2D eigenvalue weighted by Gasteiger charge is 2.26. The van der Waals surface area contributed by atoms with E-state index >= 15 is 0 Å². The van der Waals surface area contributed by atoms with Gasteiger partial charge in [0.1, 0.15) is 0 Å². The summed E-state index contributed by atoms with van der Waals surface area (Å²) in [6.45, 7) is 2.44. The Balaban J connectivity index is 2.15. The molecule has 0 amide bonds. The van der Waals surface area contributed by atoms with E-state index in [1.54, 1.807) is 0 Å². The van der Waals surface area contributed by atoms with Gasteiger partial charge in [0.15, 0.2) is 0 Å². The summed E-state index contributed by atoms with van der Waals surface area (Å²) >= 11 is 4.68. The van der Waals surface area contributed by atoms with Gasteiger partial charge in [-0.3, -0.25) is 0 Å². The van der Waals surface area contributed by atoms with Crippen molar-refractivity contribution < 1.29 is 0 Å². The Kier molecular flexibility index (Phi) is 2.79. The van der Waals surface area contributed by atoms with Crippen LogP contribution in [-0.4, -0.2) is 32.4 Å². The van der Waals surface area contributed by atoms with Gasteiger partial charge in [0.25, 0.3) is 0 Å². The van der Waals surface area contributed by atoms with E-state index in [9.17, 15) is 0 Å². The third-order valence-corrected chi connectivity index (χ3v) is 2.90. The van der Waals surface area contributed by atoms with Crippen LogP contribution in [0.1, 0.15) is 0 Å². The molecule has 0 radical (unpaired) electrons. The predicted molar refractivity (Wildman–Crippen MR) is 51.2 cm³/mol. The van der Waals surface area contributed by atoms with Crippen LogP contribution in [0.4, 0.5) is 0 Å². The van der Waals surface area contributed by atoms with E-state index < -0.39 is 0 Å². The summed E-state index contributed by atoms with van der Waals surface area (Å²) in [7, 11) is 2.12. The number of likely N-dealkylation sites (N-methyl/N-ethyl adjacent to an activating group) is 1. The summed E-state index contributed by atoms with van der Waals surface area (Å²) in [4.78, 5) is 0. The van der Waals surface area contributed by atoms with Crippen molar-refractivity contribution in [3.63, 3.8) is 0 Å². The first kappa shape index (κ1) is 7.49. The molecular formula is C4H8I2N2. The van der Waals surface area contributed by atoms with Crippen LogP contribution in [0.5, 0.6) is 0 Å². The summed E-state index contributed by atoms with van der Waals surface area (Å²) in [5.41, 5.74) is 0. The van der Waals surface area contributed by atoms with Gasteiger partial charge in [-0.2, -0.15) is 0 Å². The Morgan fingerprint density at radius 2 is 2.12 bits per heavy atom. The molecular weight excluding hydrogens is 330 g/mol. The van der Waals surface area contributed by atoms with Crippen LogP contribution in [0.3, 0.4) is 0 Å². The second-order valence-electron chi connectivity index (χ2n) is 2.01. The molecule has 1 fully saturated rings. The van der Waals surface area contributed by atoms with Crippen LogP contribution in [0.15, 0.2) is 0 Å². The van der Waals surface area contributed by atoms with E-state index in [0.717, 1.165) is 6.04 Å². The van der Waals surface area contributed by atoms with Crippen LogP contribution < -0.4 is 0 Å². The van der Waals surface area contributed by atoms with Crippen LogP contribution in [0, 0.1) is 0 Å². The molecule has 8 heavy (non-hydrogen) atoms. The lowest BCUT2D eigenvalue weighted by Gasteiger charge is -2.37. The van der Waals surface area contributed by atoms with Gasteiger partial charge < -0.3 is 0 Å². The van der Waals surface area contributed by atoms with Crippen molar-refractivity contribution in [2.24, 2.45) is 0 Å². The summed E-state index contributed by atoms with van der Waals surface area (Å²) in [6, 6.07) is 0.799. The molecule has 2 nitrogen and oxygen atoms in total. The maximum absolute atomic E-state index is 2.35.